The van der Waals surface area contributed by atoms with Crippen LogP contribution in [0.2, 0.25) is 0 Å². The lowest BCUT2D eigenvalue weighted by Gasteiger charge is -2.34. The van der Waals surface area contributed by atoms with Gasteiger partial charge < -0.3 is 14.0 Å². The summed E-state index contributed by atoms with van der Waals surface area (Å²) in [7, 11) is -0.405. The standard InChI is InChI=1S/C23H29BO4/c1-16(24-27-21(2,3)22(4,5)28-24)19-15-26-23(12-11-18(25)13-20(19)23)14-17-9-7-6-8-10-17/h6-12,20H,13-15H2,1-5H3/b19-16-/t20-,23+/m0/s1. The summed E-state index contributed by atoms with van der Waals surface area (Å²) in [5.74, 6) is 0.169. The molecule has 0 bridgehead atoms. The van der Waals surface area contributed by atoms with Gasteiger partial charge in [-0.15, -0.1) is 0 Å². The van der Waals surface area contributed by atoms with Crippen molar-refractivity contribution in [2.45, 2.75) is 64.3 Å². The molecule has 2 fully saturated rings. The van der Waals surface area contributed by atoms with Crippen molar-refractivity contribution in [3.8, 4) is 0 Å². The maximum atomic E-state index is 12.3. The zero-order valence-corrected chi connectivity index (χ0v) is 17.5. The van der Waals surface area contributed by atoms with E-state index in [0.717, 1.165) is 17.5 Å². The first-order valence-electron chi connectivity index (χ1n) is 10.1. The normalized spacial score (nSPS) is 32.5. The summed E-state index contributed by atoms with van der Waals surface area (Å²) >= 11 is 0. The number of ether oxygens (including phenoxy) is 1. The average Bonchev–Trinajstić information content (AvgIpc) is 3.09. The summed E-state index contributed by atoms with van der Waals surface area (Å²) in [6.45, 7) is 10.8. The van der Waals surface area contributed by atoms with E-state index >= 15 is 0 Å². The van der Waals surface area contributed by atoms with Gasteiger partial charge in [0.05, 0.1) is 23.4 Å². The van der Waals surface area contributed by atoms with Gasteiger partial charge in [-0.25, -0.2) is 0 Å². The van der Waals surface area contributed by atoms with Crippen LogP contribution < -0.4 is 0 Å². The molecule has 0 radical (unpaired) electrons. The molecule has 0 spiro atoms. The van der Waals surface area contributed by atoms with E-state index in [0.29, 0.717) is 13.0 Å². The molecule has 0 aromatic heterocycles. The maximum Gasteiger partial charge on any atom is 0.490 e. The van der Waals surface area contributed by atoms with E-state index in [2.05, 4.69) is 46.8 Å². The Balaban J connectivity index is 1.68. The Bertz CT molecular complexity index is 823. The van der Waals surface area contributed by atoms with Gasteiger partial charge in [-0.2, -0.15) is 0 Å². The highest BCUT2D eigenvalue weighted by Crippen LogP contribution is 2.47. The molecule has 1 aromatic rings. The van der Waals surface area contributed by atoms with Crippen molar-refractivity contribution in [1.29, 1.82) is 0 Å². The number of carbonyl (C=O) groups is 1. The van der Waals surface area contributed by atoms with Crippen molar-refractivity contribution in [1.82, 2.24) is 0 Å². The lowest BCUT2D eigenvalue weighted by molar-refractivity contribution is -0.117. The Labute approximate surface area is 168 Å². The minimum absolute atomic E-state index is 0.0178. The third-order valence-electron chi connectivity index (χ3n) is 6.90. The molecule has 148 valence electrons. The van der Waals surface area contributed by atoms with Gasteiger partial charge in [0.2, 0.25) is 0 Å². The molecule has 4 rings (SSSR count). The average molecular weight is 380 g/mol. The van der Waals surface area contributed by atoms with Gasteiger partial charge in [0, 0.05) is 18.8 Å². The first kappa shape index (κ1) is 19.6. The molecule has 2 saturated heterocycles. The molecule has 0 saturated carbocycles. The van der Waals surface area contributed by atoms with Crippen molar-refractivity contribution >= 4 is 12.9 Å². The number of ketones is 1. The van der Waals surface area contributed by atoms with Gasteiger partial charge in [0.25, 0.3) is 0 Å². The van der Waals surface area contributed by atoms with Crippen LogP contribution in [0, 0.1) is 5.92 Å². The second kappa shape index (κ2) is 6.69. The summed E-state index contributed by atoms with van der Waals surface area (Å²) in [5.41, 5.74) is 2.15. The second-order valence-corrected chi connectivity index (χ2v) is 9.26. The van der Waals surface area contributed by atoms with E-state index in [9.17, 15) is 4.79 Å². The zero-order chi connectivity index (χ0) is 20.2. The summed E-state index contributed by atoms with van der Waals surface area (Å²) in [4.78, 5) is 12.3. The number of benzene rings is 1. The fourth-order valence-corrected chi connectivity index (χ4v) is 4.38. The van der Waals surface area contributed by atoms with E-state index in [1.54, 1.807) is 6.08 Å². The molecular weight excluding hydrogens is 351 g/mol. The number of hydrogen-bond donors (Lipinski definition) is 0. The van der Waals surface area contributed by atoms with Crippen LogP contribution in [0.1, 0.15) is 46.6 Å². The quantitative estimate of drug-likeness (QED) is 0.741. The Morgan fingerprint density at radius 3 is 2.39 bits per heavy atom. The van der Waals surface area contributed by atoms with E-state index in [-0.39, 0.29) is 22.9 Å². The Kier molecular flexibility index (Phi) is 4.69. The van der Waals surface area contributed by atoms with Crippen LogP contribution in [0.25, 0.3) is 0 Å². The minimum Gasteiger partial charge on any atom is -0.400 e. The number of allylic oxidation sites excluding steroid dienone is 2. The summed E-state index contributed by atoms with van der Waals surface area (Å²) < 4.78 is 18.9. The Hall–Kier alpha value is -1.69. The van der Waals surface area contributed by atoms with E-state index < -0.39 is 12.7 Å². The number of rotatable bonds is 3. The molecule has 2 aliphatic heterocycles. The topological polar surface area (TPSA) is 44.8 Å². The molecule has 4 nitrogen and oxygen atoms in total. The monoisotopic (exact) mass is 380 g/mol. The molecule has 0 unspecified atom stereocenters. The SMILES string of the molecule is C/C(B1OC(C)(C)C(C)(C)O1)=C1\CO[C@@]2(Cc3ccccc3)C=CC(=O)C[C@@H]12. The highest BCUT2D eigenvalue weighted by atomic mass is 16.7. The molecule has 5 heteroatoms. The molecule has 0 amide bonds. The lowest BCUT2D eigenvalue weighted by atomic mass is 9.68. The molecule has 3 aliphatic rings. The summed E-state index contributed by atoms with van der Waals surface area (Å²) in [6, 6.07) is 10.3. The van der Waals surface area contributed by atoms with Crippen LogP contribution in [0.5, 0.6) is 0 Å². The van der Waals surface area contributed by atoms with Crippen molar-refractivity contribution < 1.29 is 18.8 Å². The second-order valence-electron chi connectivity index (χ2n) is 9.26. The van der Waals surface area contributed by atoms with Gasteiger partial charge >= 0.3 is 7.12 Å². The largest absolute Gasteiger partial charge is 0.490 e. The van der Waals surface area contributed by atoms with Gasteiger partial charge in [-0.3, -0.25) is 4.79 Å². The fraction of sp³-hybridized carbons (Fsp3) is 0.522. The molecule has 2 heterocycles. The fourth-order valence-electron chi connectivity index (χ4n) is 4.38. The van der Waals surface area contributed by atoms with Crippen LogP contribution in [0.4, 0.5) is 0 Å². The first-order chi connectivity index (χ1) is 13.1. The van der Waals surface area contributed by atoms with E-state index in [1.165, 1.54) is 5.56 Å². The molecule has 28 heavy (non-hydrogen) atoms. The molecular formula is C23H29BO4. The highest BCUT2D eigenvalue weighted by molar-refractivity contribution is 6.54. The maximum absolute atomic E-state index is 12.3. The van der Waals surface area contributed by atoms with Crippen LogP contribution in [0.15, 0.2) is 53.5 Å². The van der Waals surface area contributed by atoms with E-state index in [1.807, 2.05) is 24.3 Å². The molecule has 1 aromatic carbocycles. The lowest BCUT2D eigenvalue weighted by Crippen LogP contribution is -2.41. The van der Waals surface area contributed by atoms with Crippen LogP contribution in [-0.4, -0.2) is 36.3 Å². The predicted molar refractivity (Wildman–Crippen MR) is 110 cm³/mol. The predicted octanol–water partition coefficient (Wildman–Crippen LogP) is 4.09. The first-order valence-corrected chi connectivity index (χ1v) is 10.1. The van der Waals surface area contributed by atoms with Crippen molar-refractivity contribution in [3.63, 3.8) is 0 Å². The van der Waals surface area contributed by atoms with Gasteiger partial charge in [0.15, 0.2) is 5.78 Å². The highest BCUT2D eigenvalue weighted by Gasteiger charge is 2.54. The van der Waals surface area contributed by atoms with E-state index in [4.69, 9.17) is 14.0 Å². The van der Waals surface area contributed by atoms with Crippen molar-refractivity contribution in [2.75, 3.05) is 6.61 Å². The molecule has 0 N–H and O–H groups in total. The number of hydrogen-bond acceptors (Lipinski definition) is 4. The minimum atomic E-state index is -0.477. The molecule has 1 aliphatic carbocycles. The van der Waals surface area contributed by atoms with Crippen molar-refractivity contribution in [2.24, 2.45) is 5.92 Å². The smallest absolute Gasteiger partial charge is 0.400 e. The summed E-state index contributed by atoms with van der Waals surface area (Å²) in [6.07, 6.45) is 4.88. The zero-order valence-electron chi connectivity index (χ0n) is 17.5. The number of carbonyl (C=O) groups excluding carboxylic acids is 1. The Morgan fingerprint density at radius 1 is 1.11 bits per heavy atom. The van der Waals surface area contributed by atoms with Crippen LogP contribution >= 0.6 is 0 Å². The van der Waals surface area contributed by atoms with Gasteiger partial charge in [-0.1, -0.05) is 30.3 Å². The molecule has 2 atom stereocenters. The third-order valence-corrected chi connectivity index (χ3v) is 6.90. The summed E-state index contributed by atoms with van der Waals surface area (Å²) in [5, 5.41) is 0. The number of fused-ring (bicyclic) bond motifs is 1. The third kappa shape index (κ3) is 3.20. The van der Waals surface area contributed by atoms with Crippen molar-refractivity contribution in [3.05, 3.63) is 59.1 Å². The Morgan fingerprint density at radius 2 is 1.75 bits per heavy atom. The van der Waals surface area contributed by atoms with Crippen LogP contribution in [-0.2, 0) is 25.3 Å². The van der Waals surface area contributed by atoms with Gasteiger partial charge in [0.1, 0.15) is 0 Å². The van der Waals surface area contributed by atoms with Gasteiger partial charge in [-0.05, 0) is 63.4 Å². The van der Waals surface area contributed by atoms with Crippen LogP contribution in [0.3, 0.4) is 0 Å².